The fourth-order valence-corrected chi connectivity index (χ4v) is 1.81. The molecule has 0 fully saturated rings. The van der Waals surface area contributed by atoms with Gasteiger partial charge in [0, 0.05) is 13.2 Å². The lowest BCUT2D eigenvalue weighted by molar-refractivity contribution is 0.0970. The van der Waals surface area contributed by atoms with Gasteiger partial charge in [-0.25, -0.2) is 0 Å². The summed E-state index contributed by atoms with van der Waals surface area (Å²) in [6, 6.07) is 0. The maximum absolute atomic E-state index is 5.89. The van der Waals surface area contributed by atoms with Crippen molar-refractivity contribution in [3.8, 4) is 0 Å². The fraction of sp³-hybridized carbons (Fsp3) is 1.00. The third kappa shape index (κ3) is 4.97. The van der Waals surface area contributed by atoms with Crippen LogP contribution in [0, 0.1) is 5.41 Å². The highest BCUT2D eigenvalue weighted by molar-refractivity contribution is 4.78. The van der Waals surface area contributed by atoms with E-state index in [-0.39, 0.29) is 0 Å². The molecular formula is C12H27NO. The van der Waals surface area contributed by atoms with E-state index in [0.29, 0.717) is 5.41 Å². The number of unbranched alkanes of at least 4 members (excludes halogenated alkanes) is 1. The van der Waals surface area contributed by atoms with Gasteiger partial charge in [0.2, 0.25) is 0 Å². The van der Waals surface area contributed by atoms with Crippen LogP contribution in [-0.4, -0.2) is 19.8 Å². The van der Waals surface area contributed by atoms with Crippen LogP contribution in [0.1, 0.15) is 52.9 Å². The second-order valence-electron chi connectivity index (χ2n) is 4.11. The van der Waals surface area contributed by atoms with Gasteiger partial charge in [0.1, 0.15) is 0 Å². The summed E-state index contributed by atoms with van der Waals surface area (Å²) in [4.78, 5) is 0. The predicted molar refractivity (Wildman–Crippen MR) is 62.4 cm³/mol. The van der Waals surface area contributed by atoms with Crippen molar-refractivity contribution in [1.29, 1.82) is 0 Å². The van der Waals surface area contributed by atoms with E-state index in [1.54, 1.807) is 0 Å². The Morgan fingerprint density at radius 1 is 1.14 bits per heavy atom. The smallest absolute Gasteiger partial charge is 0.0471 e. The van der Waals surface area contributed by atoms with Crippen LogP contribution >= 0.6 is 0 Å². The molecular weight excluding hydrogens is 174 g/mol. The van der Waals surface area contributed by atoms with Gasteiger partial charge in [0.25, 0.3) is 0 Å². The summed E-state index contributed by atoms with van der Waals surface area (Å²) in [5, 5.41) is 0. The molecule has 0 radical (unpaired) electrons. The minimum absolute atomic E-state index is 0.338. The standard InChI is InChI=1S/C12H27NO/c1-4-7-8-12(5-2,11-13)9-10-14-6-3/h4-11,13H2,1-3H3. The zero-order valence-electron chi connectivity index (χ0n) is 10.1. The molecule has 1 atom stereocenters. The maximum Gasteiger partial charge on any atom is 0.0471 e. The van der Waals surface area contributed by atoms with Crippen molar-refractivity contribution in [3.63, 3.8) is 0 Å². The van der Waals surface area contributed by atoms with E-state index >= 15 is 0 Å². The molecule has 2 heteroatoms. The van der Waals surface area contributed by atoms with Gasteiger partial charge in [-0.05, 0) is 38.1 Å². The van der Waals surface area contributed by atoms with Crippen molar-refractivity contribution in [2.75, 3.05) is 19.8 Å². The first-order valence-electron chi connectivity index (χ1n) is 6.02. The first-order chi connectivity index (χ1) is 6.74. The molecule has 86 valence electrons. The lowest BCUT2D eigenvalue weighted by atomic mass is 9.77. The Hall–Kier alpha value is -0.0800. The molecule has 0 heterocycles. The molecule has 0 amide bonds. The number of nitrogens with two attached hydrogens (primary N) is 1. The average Bonchev–Trinajstić information content (AvgIpc) is 2.24. The number of ether oxygens (including phenoxy) is 1. The van der Waals surface area contributed by atoms with Gasteiger partial charge >= 0.3 is 0 Å². The molecule has 0 aromatic rings. The summed E-state index contributed by atoms with van der Waals surface area (Å²) >= 11 is 0. The molecule has 0 aliphatic heterocycles. The molecule has 0 saturated carbocycles. The molecule has 0 aliphatic carbocycles. The maximum atomic E-state index is 5.89. The molecule has 1 unspecified atom stereocenters. The van der Waals surface area contributed by atoms with Crippen LogP contribution in [-0.2, 0) is 4.74 Å². The first kappa shape index (κ1) is 13.9. The minimum Gasteiger partial charge on any atom is -0.382 e. The lowest BCUT2D eigenvalue weighted by Gasteiger charge is -2.31. The van der Waals surface area contributed by atoms with E-state index in [0.717, 1.165) is 26.2 Å². The van der Waals surface area contributed by atoms with Gasteiger partial charge in [-0.15, -0.1) is 0 Å². The summed E-state index contributed by atoms with van der Waals surface area (Å²) in [5.41, 5.74) is 6.22. The molecule has 2 nitrogen and oxygen atoms in total. The third-order valence-electron chi connectivity index (χ3n) is 3.22. The van der Waals surface area contributed by atoms with Crippen molar-refractivity contribution in [2.24, 2.45) is 11.1 Å². The van der Waals surface area contributed by atoms with Crippen LogP contribution < -0.4 is 5.73 Å². The van der Waals surface area contributed by atoms with E-state index < -0.39 is 0 Å². The lowest BCUT2D eigenvalue weighted by Crippen LogP contribution is -2.31. The summed E-state index contributed by atoms with van der Waals surface area (Å²) < 4.78 is 5.42. The Balaban J connectivity index is 3.94. The van der Waals surface area contributed by atoms with E-state index in [1.807, 2.05) is 6.92 Å². The van der Waals surface area contributed by atoms with Crippen LogP contribution in [0.15, 0.2) is 0 Å². The number of hydrogen-bond acceptors (Lipinski definition) is 2. The number of rotatable bonds is 9. The van der Waals surface area contributed by atoms with E-state index in [9.17, 15) is 0 Å². The van der Waals surface area contributed by atoms with Crippen molar-refractivity contribution < 1.29 is 4.74 Å². The monoisotopic (exact) mass is 201 g/mol. The molecule has 0 aromatic carbocycles. The zero-order chi connectivity index (χ0) is 10.9. The van der Waals surface area contributed by atoms with Gasteiger partial charge in [-0.2, -0.15) is 0 Å². The highest BCUT2D eigenvalue weighted by Gasteiger charge is 2.25. The number of hydrogen-bond donors (Lipinski definition) is 1. The second kappa shape index (κ2) is 8.25. The summed E-state index contributed by atoms with van der Waals surface area (Å²) in [5.74, 6) is 0. The van der Waals surface area contributed by atoms with Gasteiger partial charge in [-0.3, -0.25) is 0 Å². The van der Waals surface area contributed by atoms with Crippen LogP contribution in [0.3, 0.4) is 0 Å². The van der Waals surface area contributed by atoms with Gasteiger partial charge < -0.3 is 10.5 Å². The topological polar surface area (TPSA) is 35.2 Å². The fourth-order valence-electron chi connectivity index (χ4n) is 1.81. The minimum atomic E-state index is 0.338. The average molecular weight is 201 g/mol. The normalized spacial score (nSPS) is 15.4. The molecule has 0 bridgehead atoms. The Bertz CT molecular complexity index is 121. The SMILES string of the molecule is CCCCC(CC)(CN)CCOCC. The largest absolute Gasteiger partial charge is 0.382 e. The van der Waals surface area contributed by atoms with Gasteiger partial charge in [0.05, 0.1) is 0 Å². The quantitative estimate of drug-likeness (QED) is 0.582. The molecule has 2 N–H and O–H groups in total. The first-order valence-corrected chi connectivity index (χ1v) is 6.02. The van der Waals surface area contributed by atoms with Gasteiger partial charge in [0.15, 0.2) is 0 Å². The van der Waals surface area contributed by atoms with Crippen molar-refractivity contribution >= 4 is 0 Å². The molecule has 0 spiro atoms. The molecule has 0 aromatic heterocycles. The van der Waals surface area contributed by atoms with Crippen molar-refractivity contribution in [3.05, 3.63) is 0 Å². The molecule has 0 saturated heterocycles. The Kier molecular flexibility index (Phi) is 8.20. The van der Waals surface area contributed by atoms with Gasteiger partial charge in [-0.1, -0.05) is 26.7 Å². The molecule has 14 heavy (non-hydrogen) atoms. The van der Waals surface area contributed by atoms with Crippen LogP contribution in [0.25, 0.3) is 0 Å². The Morgan fingerprint density at radius 2 is 1.86 bits per heavy atom. The predicted octanol–water partition coefficient (Wildman–Crippen LogP) is 2.96. The van der Waals surface area contributed by atoms with Crippen LogP contribution in [0.4, 0.5) is 0 Å². The zero-order valence-corrected chi connectivity index (χ0v) is 10.1. The van der Waals surface area contributed by atoms with E-state index in [4.69, 9.17) is 10.5 Å². The van der Waals surface area contributed by atoms with E-state index in [2.05, 4.69) is 13.8 Å². The molecule has 0 aliphatic rings. The summed E-state index contributed by atoms with van der Waals surface area (Å²) in [7, 11) is 0. The van der Waals surface area contributed by atoms with Crippen LogP contribution in [0.5, 0.6) is 0 Å². The summed E-state index contributed by atoms with van der Waals surface area (Å²) in [6.45, 7) is 9.01. The Labute approximate surface area is 89.2 Å². The van der Waals surface area contributed by atoms with Crippen LogP contribution in [0.2, 0.25) is 0 Å². The highest BCUT2D eigenvalue weighted by atomic mass is 16.5. The summed E-state index contributed by atoms with van der Waals surface area (Å²) in [6.07, 6.45) is 6.10. The second-order valence-corrected chi connectivity index (χ2v) is 4.11. The highest BCUT2D eigenvalue weighted by Crippen LogP contribution is 2.31. The Morgan fingerprint density at radius 3 is 2.29 bits per heavy atom. The van der Waals surface area contributed by atoms with Crippen molar-refractivity contribution in [1.82, 2.24) is 0 Å². The van der Waals surface area contributed by atoms with Crippen molar-refractivity contribution in [2.45, 2.75) is 52.9 Å². The molecule has 0 rings (SSSR count). The third-order valence-corrected chi connectivity index (χ3v) is 3.22. The van der Waals surface area contributed by atoms with E-state index in [1.165, 1.54) is 25.7 Å².